The Morgan fingerprint density at radius 3 is 2.53 bits per heavy atom. The summed E-state index contributed by atoms with van der Waals surface area (Å²) in [6.45, 7) is 3.56. The Morgan fingerprint density at radius 1 is 1.13 bits per heavy atom. The van der Waals surface area contributed by atoms with E-state index >= 15 is 0 Å². The normalized spacial score (nSPS) is 16.8. The summed E-state index contributed by atoms with van der Waals surface area (Å²) in [5.41, 5.74) is 1.92. The van der Waals surface area contributed by atoms with Gasteiger partial charge in [-0.25, -0.2) is 9.79 Å². The second kappa shape index (κ2) is 11.7. The minimum Gasteiger partial charge on any atom is -0.493 e. The van der Waals surface area contributed by atoms with Crippen molar-refractivity contribution in [1.82, 2.24) is 4.90 Å². The monoisotopic (exact) mass is 555 g/mol. The van der Waals surface area contributed by atoms with Gasteiger partial charge in [0.2, 0.25) is 0 Å². The molecule has 1 atom stereocenters. The summed E-state index contributed by atoms with van der Waals surface area (Å²) < 4.78 is 16.3. The second-order valence-corrected chi connectivity index (χ2v) is 9.71. The molecule has 2 aliphatic rings. The first-order valence-electron chi connectivity index (χ1n) is 11.7. The number of hydrogen-bond acceptors (Lipinski definition) is 8. The largest absolute Gasteiger partial charge is 0.493 e. The molecular weight excluding hydrogens is 530 g/mol. The van der Waals surface area contributed by atoms with Crippen LogP contribution in [-0.4, -0.2) is 54.7 Å². The van der Waals surface area contributed by atoms with Crippen LogP contribution in [-0.2, 0) is 25.5 Å². The van der Waals surface area contributed by atoms with Gasteiger partial charge in [-0.3, -0.25) is 14.5 Å². The maximum Gasteiger partial charge on any atom is 0.337 e. The number of nitrogens with one attached hydrogen (secondary N) is 1. The predicted molar refractivity (Wildman–Crippen MR) is 146 cm³/mol. The van der Waals surface area contributed by atoms with Crippen LogP contribution in [0.15, 0.2) is 69.7 Å². The summed E-state index contributed by atoms with van der Waals surface area (Å²) >= 11 is 6.97. The Bertz CT molecular complexity index is 1370. The molecule has 4 rings (SSSR count). The molecular formula is C27H26ClN3O6S. The lowest BCUT2D eigenvalue weighted by atomic mass is 9.94. The zero-order chi connectivity index (χ0) is 27.4. The summed E-state index contributed by atoms with van der Waals surface area (Å²) in [4.78, 5) is 45.6. The van der Waals surface area contributed by atoms with E-state index in [0.717, 1.165) is 17.3 Å². The van der Waals surface area contributed by atoms with Gasteiger partial charge in [-0.1, -0.05) is 23.7 Å². The van der Waals surface area contributed by atoms with Crippen LogP contribution in [0.3, 0.4) is 0 Å². The number of esters is 1. The van der Waals surface area contributed by atoms with Gasteiger partial charge in [-0.15, -0.1) is 0 Å². The van der Waals surface area contributed by atoms with Crippen molar-refractivity contribution in [1.29, 1.82) is 0 Å². The van der Waals surface area contributed by atoms with Crippen molar-refractivity contribution in [2.45, 2.75) is 26.3 Å². The van der Waals surface area contributed by atoms with Gasteiger partial charge in [0.05, 0.1) is 43.0 Å². The van der Waals surface area contributed by atoms with Gasteiger partial charge in [0.1, 0.15) is 0 Å². The summed E-state index contributed by atoms with van der Waals surface area (Å²) in [5, 5.41) is 3.58. The van der Waals surface area contributed by atoms with Crippen molar-refractivity contribution in [2.24, 2.45) is 4.99 Å². The number of fused-ring (bicyclic) bond motifs is 1. The maximum atomic E-state index is 13.5. The summed E-state index contributed by atoms with van der Waals surface area (Å²) in [7, 11) is 3.06. The van der Waals surface area contributed by atoms with Crippen molar-refractivity contribution in [2.75, 3.05) is 26.1 Å². The third kappa shape index (κ3) is 5.56. The molecule has 9 nitrogen and oxygen atoms in total. The van der Waals surface area contributed by atoms with E-state index in [9.17, 15) is 14.4 Å². The van der Waals surface area contributed by atoms with E-state index in [0.29, 0.717) is 27.9 Å². The van der Waals surface area contributed by atoms with Gasteiger partial charge in [0, 0.05) is 28.8 Å². The Kier molecular flexibility index (Phi) is 8.43. The van der Waals surface area contributed by atoms with Crippen molar-refractivity contribution in [3.63, 3.8) is 0 Å². The highest BCUT2D eigenvalue weighted by molar-refractivity contribution is 8.18. The van der Waals surface area contributed by atoms with E-state index < -0.39 is 23.8 Å². The van der Waals surface area contributed by atoms with Crippen LogP contribution in [0.4, 0.5) is 5.69 Å². The smallest absolute Gasteiger partial charge is 0.337 e. The number of ether oxygens (including phenoxy) is 3. The molecule has 198 valence electrons. The molecule has 2 aromatic rings. The zero-order valence-corrected chi connectivity index (χ0v) is 22.8. The van der Waals surface area contributed by atoms with Crippen LogP contribution in [0, 0.1) is 0 Å². The first-order chi connectivity index (χ1) is 18.3. The standard InChI is InChI=1S/C27H26ClN3O6S/c1-5-37-26(34)23-15(2)29-27-31(19(23)13-16-7-6-8-20(35-3)24(16)36-4)22(32)14-21(38-27)25(33)30-18-11-9-17(28)10-12-18/h6-12,14,19H,5,13H2,1-4H3,(H,30,33)/t19-/m0/s1. The third-order valence-electron chi connectivity index (χ3n) is 5.92. The fourth-order valence-electron chi connectivity index (χ4n) is 4.24. The number of allylic oxidation sites excluding steroid dienone is 1. The lowest BCUT2D eigenvalue weighted by molar-refractivity contribution is -0.139. The number of halogens is 1. The number of hydrogen-bond donors (Lipinski definition) is 1. The quantitative estimate of drug-likeness (QED) is 0.475. The van der Waals surface area contributed by atoms with Crippen LogP contribution in [0.25, 0.3) is 0 Å². The minimum absolute atomic E-state index is 0.166. The molecule has 0 bridgehead atoms. The maximum absolute atomic E-state index is 13.5. The summed E-state index contributed by atoms with van der Waals surface area (Å²) in [6.07, 6.45) is 1.46. The molecule has 38 heavy (non-hydrogen) atoms. The molecule has 2 amide bonds. The number of carbonyl (C=O) groups excluding carboxylic acids is 3. The Hall–Kier alpha value is -3.76. The van der Waals surface area contributed by atoms with Crippen molar-refractivity contribution in [3.05, 3.63) is 75.3 Å². The van der Waals surface area contributed by atoms with Crippen LogP contribution in [0.1, 0.15) is 19.4 Å². The zero-order valence-electron chi connectivity index (χ0n) is 21.2. The highest BCUT2D eigenvalue weighted by Crippen LogP contribution is 2.39. The van der Waals surface area contributed by atoms with Crippen LogP contribution in [0.5, 0.6) is 11.5 Å². The van der Waals surface area contributed by atoms with Crippen LogP contribution < -0.4 is 14.8 Å². The summed E-state index contributed by atoms with van der Waals surface area (Å²) in [5.74, 6) is -0.487. The Morgan fingerprint density at radius 2 is 1.87 bits per heavy atom. The molecule has 0 radical (unpaired) electrons. The molecule has 11 heteroatoms. The first-order valence-corrected chi connectivity index (χ1v) is 12.9. The lowest BCUT2D eigenvalue weighted by Crippen LogP contribution is -2.50. The third-order valence-corrected chi connectivity index (χ3v) is 7.16. The topological polar surface area (TPSA) is 107 Å². The van der Waals surface area contributed by atoms with Crippen molar-refractivity contribution in [3.8, 4) is 11.5 Å². The number of amides is 2. The van der Waals surface area contributed by atoms with E-state index in [4.69, 9.17) is 25.8 Å². The van der Waals surface area contributed by atoms with Gasteiger partial charge < -0.3 is 19.5 Å². The number of para-hydroxylation sites is 1. The van der Waals surface area contributed by atoms with E-state index in [1.54, 1.807) is 50.2 Å². The molecule has 0 aromatic heterocycles. The molecule has 0 saturated heterocycles. The molecule has 0 aliphatic carbocycles. The van der Waals surface area contributed by atoms with E-state index in [2.05, 4.69) is 10.3 Å². The average molecular weight is 556 g/mol. The molecule has 2 aliphatic heterocycles. The predicted octanol–water partition coefficient (Wildman–Crippen LogP) is 4.57. The van der Waals surface area contributed by atoms with Crippen molar-refractivity contribution >= 4 is 52.0 Å². The number of methoxy groups -OCH3 is 2. The summed E-state index contributed by atoms with van der Waals surface area (Å²) in [6, 6.07) is 11.3. The second-order valence-electron chi connectivity index (χ2n) is 8.27. The first kappa shape index (κ1) is 27.3. The van der Waals surface area contributed by atoms with E-state index in [1.165, 1.54) is 25.2 Å². The van der Waals surface area contributed by atoms with Gasteiger partial charge in [-0.2, -0.15) is 0 Å². The molecule has 0 spiro atoms. The number of anilines is 1. The van der Waals surface area contributed by atoms with Gasteiger partial charge in [0.25, 0.3) is 11.8 Å². The van der Waals surface area contributed by atoms with Gasteiger partial charge >= 0.3 is 5.97 Å². The number of rotatable bonds is 8. The highest BCUT2D eigenvalue weighted by atomic mass is 35.5. The average Bonchev–Trinajstić information content (AvgIpc) is 2.89. The van der Waals surface area contributed by atoms with Crippen molar-refractivity contribution < 1.29 is 28.6 Å². The SMILES string of the molecule is CCOC(=O)C1=C(C)N=C2SC(C(=O)Nc3ccc(Cl)cc3)=CC(=O)N2[C@H]1Cc1cccc(OC)c1OC. The lowest BCUT2D eigenvalue weighted by Gasteiger charge is -2.38. The van der Waals surface area contributed by atoms with Crippen LogP contribution >= 0.6 is 23.4 Å². The molecule has 0 fully saturated rings. The molecule has 2 aromatic carbocycles. The fraction of sp³-hybridized carbons (Fsp3) is 0.259. The number of aliphatic imine (C=N–C) groups is 1. The van der Waals surface area contributed by atoms with Crippen LogP contribution in [0.2, 0.25) is 5.02 Å². The fourth-order valence-corrected chi connectivity index (χ4v) is 5.36. The van der Waals surface area contributed by atoms with Gasteiger partial charge in [-0.05, 0) is 55.9 Å². The highest BCUT2D eigenvalue weighted by Gasteiger charge is 2.42. The number of carbonyl (C=O) groups is 3. The Balaban J connectivity index is 1.71. The number of thioether (sulfide) groups is 1. The molecule has 1 N–H and O–H groups in total. The van der Waals surface area contributed by atoms with E-state index in [1.807, 2.05) is 6.07 Å². The Labute approximate surface area is 229 Å². The number of nitrogens with zero attached hydrogens (tertiary/aromatic N) is 2. The number of benzene rings is 2. The van der Waals surface area contributed by atoms with Gasteiger partial charge in [0.15, 0.2) is 16.7 Å². The molecule has 0 saturated carbocycles. The van der Waals surface area contributed by atoms with E-state index in [-0.39, 0.29) is 28.7 Å². The molecule has 2 heterocycles. The number of amidine groups is 1. The minimum atomic E-state index is -0.750. The molecule has 0 unspecified atom stereocenters.